The molecule has 5 heteroatoms. The Bertz CT molecular complexity index is 595. The molecule has 29 heavy (non-hydrogen) atoms. The van der Waals surface area contributed by atoms with Crippen molar-refractivity contribution in [2.45, 2.75) is 102 Å². The van der Waals surface area contributed by atoms with Crippen LogP contribution in [-0.2, 0) is 9.53 Å². The Morgan fingerprint density at radius 1 is 1.31 bits per heavy atom. The van der Waals surface area contributed by atoms with Gasteiger partial charge < -0.3 is 10.1 Å². The summed E-state index contributed by atoms with van der Waals surface area (Å²) in [7, 11) is 2.10. The summed E-state index contributed by atoms with van der Waals surface area (Å²) in [6.07, 6.45) is 13.7. The van der Waals surface area contributed by atoms with Gasteiger partial charge in [0.1, 0.15) is 11.6 Å². The normalized spacial score (nSPS) is 40.1. The van der Waals surface area contributed by atoms with Crippen LogP contribution in [0, 0.1) is 11.8 Å². The van der Waals surface area contributed by atoms with E-state index in [0.717, 1.165) is 45.2 Å². The Kier molecular flexibility index (Phi) is 7.45. The lowest BCUT2D eigenvalue weighted by molar-refractivity contribution is -0.194. The molecule has 1 aliphatic carbocycles. The van der Waals surface area contributed by atoms with E-state index in [1.54, 1.807) is 0 Å². The van der Waals surface area contributed by atoms with E-state index < -0.39 is 5.54 Å². The summed E-state index contributed by atoms with van der Waals surface area (Å²) in [5.74, 6) is 1.25. The highest BCUT2D eigenvalue weighted by molar-refractivity contribution is 5.82. The van der Waals surface area contributed by atoms with Crippen molar-refractivity contribution in [3.05, 3.63) is 12.2 Å². The minimum absolute atomic E-state index is 0.00927. The Balaban J connectivity index is 1.67. The number of hydrogen-bond donors (Lipinski definition) is 2. The van der Waals surface area contributed by atoms with Crippen LogP contribution in [0.2, 0.25) is 0 Å². The minimum atomic E-state index is -0.441. The molecule has 3 rings (SSSR count). The predicted octanol–water partition coefficient (Wildman–Crippen LogP) is 3.84. The molecule has 166 valence electrons. The maximum Gasteiger partial charge on any atom is 0.327 e. The van der Waals surface area contributed by atoms with E-state index >= 15 is 0 Å². The van der Waals surface area contributed by atoms with E-state index in [0.29, 0.717) is 11.8 Å². The number of esters is 1. The van der Waals surface area contributed by atoms with Gasteiger partial charge in [0.2, 0.25) is 0 Å². The number of rotatable bonds is 9. The summed E-state index contributed by atoms with van der Waals surface area (Å²) in [6.45, 7) is 10.9. The fourth-order valence-electron chi connectivity index (χ4n) is 5.94. The lowest BCUT2D eigenvalue weighted by Gasteiger charge is -2.54. The number of nitrogens with zero attached hydrogens (tertiary/aromatic N) is 1. The number of morpholine rings is 1. The van der Waals surface area contributed by atoms with Gasteiger partial charge in [0, 0.05) is 5.54 Å². The smallest absolute Gasteiger partial charge is 0.327 e. The average molecular weight is 406 g/mol. The molecule has 6 atom stereocenters. The highest BCUT2D eigenvalue weighted by atomic mass is 16.6. The second kappa shape index (κ2) is 9.49. The SMILES string of the molecule is CCCCNC1(CC)C=CC(C)CC1CCCC12CCNC(C(C)OC1=O)N2C. The topological polar surface area (TPSA) is 53.6 Å². The second-order valence-corrected chi connectivity index (χ2v) is 9.74. The molecule has 2 N–H and O–H groups in total. The van der Waals surface area contributed by atoms with Crippen LogP contribution < -0.4 is 10.6 Å². The Hall–Kier alpha value is -0.910. The first-order valence-corrected chi connectivity index (χ1v) is 12.0. The number of carbonyl (C=O) groups is 1. The number of nitrogens with one attached hydrogen (secondary N) is 2. The molecule has 0 radical (unpaired) electrons. The lowest BCUT2D eigenvalue weighted by atomic mass is 9.69. The lowest BCUT2D eigenvalue weighted by Crippen LogP contribution is -2.73. The van der Waals surface area contributed by atoms with Gasteiger partial charge in [-0.15, -0.1) is 0 Å². The van der Waals surface area contributed by atoms with Gasteiger partial charge in [-0.25, -0.2) is 0 Å². The molecule has 6 unspecified atom stereocenters. The van der Waals surface area contributed by atoms with E-state index in [2.05, 4.69) is 55.5 Å². The molecule has 2 saturated heterocycles. The summed E-state index contributed by atoms with van der Waals surface area (Å²) in [5.41, 5.74) is -0.327. The first-order chi connectivity index (χ1) is 13.9. The molecule has 0 spiro atoms. The minimum Gasteiger partial charge on any atom is -0.458 e. The first-order valence-electron chi connectivity index (χ1n) is 12.0. The predicted molar refractivity (Wildman–Crippen MR) is 119 cm³/mol. The fraction of sp³-hybridized carbons (Fsp3) is 0.875. The highest BCUT2D eigenvalue weighted by Crippen LogP contribution is 2.40. The molecule has 2 fully saturated rings. The van der Waals surface area contributed by atoms with Crippen molar-refractivity contribution in [2.75, 3.05) is 20.1 Å². The molecule has 0 amide bonds. The van der Waals surface area contributed by atoms with Gasteiger partial charge in [0.05, 0.1) is 6.17 Å². The molecule has 3 aliphatic rings. The second-order valence-electron chi connectivity index (χ2n) is 9.74. The van der Waals surface area contributed by atoms with E-state index in [4.69, 9.17) is 4.74 Å². The van der Waals surface area contributed by atoms with Crippen LogP contribution in [-0.4, -0.2) is 54.4 Å². The average Bonchev–Trinajstić information content (AvgIpc) is 2.70. The molecule has 0 aromatic rings. The Morgan fingerprint density at radius 3 is 2.83 bits per heavy atom. The molecule has 2 bridgehead atoms. The quantitative estimate of drug-likeness (QED) is 0.347. The maximum absolute atomic E-state index is 12.9. The summed E-state index contributed by atoms with van der Waals surface area (Å²) >= 11 is 0. The van der Waals surface area contributed by atoms with Crippen LogP contribution in [0.25, 0.3) is 0 Å². The molecule has 2 heterocycles. The molecule has 0 aromatic carbocycles. The van der Waals surface area contributed by atoms with Crippen molar-refractivity contribution in [3.63, 3.8) is 0 Å². The zero-order valence-electron chi connectivity index (χ0n) is 19.3. The van der Waals surface area contributed by atoms with Crippen molar-refractivity contribution in [3.8, 4) is 0 Å². The van der Waals surface area contributed by atoms with Crippen molar-refractivity contribution < 1.29 is 9.53 Å². The van der Waals surface area contributed by atoms with Crippen LogP contribution >= 0.6 is 0 Å². The van der Waals surface area contributed by atoms with Crippen LogP contribution in [0.15, 0.2) is 12.2 Å². The van der Waals surface area contributed by atoms with Gasteiger partial charge in [-0.1, -0.05) is 45.8 Å². The fourth-order valence-corrected chi connectivity index (χ4v) is 5.94. The number of likely N-dealkylation sites (N-methyl/N-ethyl adjacent to an activating group) is 1. The Labute approximate surface area is 178 Å². The molecule has 2 aliphatic heterocycles. The van der Waals surface area contributed by atoms with Gasteiger partial charge in [0.15, 0.2) is 0 Å². The van der Waals surface area contributed by atoms with Crippen LogP contribution in [0.5, 0.6) is 0 Å². The van der Waals surface area contributed by atoms with Gasteiger partial charge in [-0.05, 0) is 77.4 Å². The number of hydrogen-bond acceptors (Lipinski definition) is 5. The van der Waals surface area contributed by atoms with Gasteiger partial charge >= 0.3 is 5.97 Å². The number of carbonyl (C=O) groups excluding carboxylic acids is 1. The molecular formula is C24H43N3O2. The number of cyclic esters (lactones) is 1. The van der Waals surface area contributed by atoms with Crippen LogP contribution in [0.3, 0.4) is 0 Å². The number of fused-ring (bicyclic) bond motifs is 2. The third-order valence-electron chi connectivity index (χ3n) is 7.92. The zero-order valence-corrected chi connectivity index (χ0v) is 19.3. The number of unbranched alkanes of at least 4 members (excludes halogenated alkanes) is 1. The van der Waals surface area contributed by atoms with Crippen LogP contribution in [0.1, 0.15) is 79.1 Å². The highest BCUT2D eigenvalue weighted by Gasteiger charge is 2.54. The van der Waals surface area contributed by atoms with E-state index in [1.165, 1.54) is 19.3 Å². The standard InChI is InChI=1S/C24H43N3O2/c1-6-8-15-26-23(7-2)13-11-18(3)17-20(23)10-9-12-24-14-16-25-21(27(24)5)19(4)29-22(24)28/h11,13,18-21,25-26H,6-10,12,14-17H2,1-5H3. The third-order valence-corrected chi connectivity index (χ3v) is 7.92. The van der Waals surface area contributed by atoms with Gasteiger partial charge in [0.25, 0.3) is 0 Å². The summed E-state index contributed by atoms with van der Waals surface area (Å²) in [4.78, 5) is 15.2. The van der Waals surface area contributed by atoms with Crippen LogP contribution in [0.4, 0.5) is 0 Å². The van der Waals surface area contributed by atoms with E-state index in [9.17, 15) is 4.79 Å². The third kappa shape index (κ3) is 4.42. The van der Waals surface area contributed by atoms with Crippen molar-refractivity contribution >= 4 is 5.97 Å². The van der Waals surface area contributed by atoms with E-state index in [-0.39, 0.29) is 23.8 Å². The molecule has 5 nitrogen and oxygen atoms in total. The monoisotopic (exact) mass is 405 g/mol. The van der Waals surface area contributed by atoms with Crippen molar-refractivity contribution in [2.24, 2.45) is 11.8 Å². The molecule has 0 aromatic heterocycles. The first kappa shape index (κ1) is 22.8. The van der Waals surface area contributed by atoms with Gasteiger partial charge in [-0.3, -0.25) is 15.0 Å². The number of allylic oxidation sites excluding steroid dienone is 1. The number of ether oxygens (including phenoxy) is 1. The molecule has 0 saturated carbocycles. The van der Waals surface area contributed by atoms with Crippen molar-refractivity contribution in [1.29, 1.82) is 0 Å². The summed E-state index contributed by atoms with van der Waals surface area (Å²) in [6, 6.07) is 0. The Morgan fingerprint density at radius 2 is 2.10 bits per heavy atom. The largest absolute Gasteiger partial charge is 0.458 e. The van der Waals surface area contributed by atoms with Gasteiger partial charge in [-0.2, -0.15) is 0 Å². The summed E-state index contributed by atoms with van der Waals surface area (Å²) in [5, 5.41) is 7.43. The summed E-state index contributed by atoms with van der Waals surface area (Å²) < 4.78 is 5.75. The van der Waals surface area contributed by atoms with Crippen molar-refractivity contribution in [1.82, 2.24) is 15.5 Å². The van der Waals surface area contributed by atoms with E-state index in [1.807, 2.05) is 6.92 Å². The maximum atomic E-state index is 12.9. The zero-order chi connectivity index (χ0) is 21.1. The molecular weight excluding hydrogens is 362 g/mol.